The minimum atomic E-state index is -0.276. The molecule has 4 heteroatoms. The summed E-state index contributed by atoms with van der Waals surface area (Å²) < 4.78 is 14.4. The number of carbonyl (C=O) groups is 1. The quantitative estimate of drug-likeness (QED) is 0.485. The van der Waals surface area contributed by atoms with Crippen molar-refractivity contribution in [1.29, 1.82) is 0 Å². The number of phenolic OH excluding ortho intramolecular Hbond substituents is 1. The number of ketones is 1. The van der Waals surface area contributed by atoms with Gasteiger partial charge >= 0.3 is 0 Å². The fourth-order valence-corrected chi connectivity index (χ4v) is 8.01. The Labute approximate surface area is 173 Å². The molecule has 0 saturated heterocycles. The van der Waals surface area contributed by atoms with Gasteiger partial charge in [0.2, 0.25) is 0 Å². The van der Waals surface area contributed by atoms with E-state index in [1.807, 2.05) is 6.07 Å². The van der Waals surface area contributed by atoms with Gasteiger partial charge < -0.3 is 5.11 Å². The number of hydrogen-bond donors (Lipinski definition) is 1. The van der Waals surface area contributed by atoms with E-state index in [2.05, 4.69) is 0 Å². The van der Waals surface area contributed by atoms with Crippen molar-refractivity contribution >= 4 is 27.2 Å². The van der Waals surface area contributed by atoms with Crippen LogP contribution in [-0.2, 0) is 0 Å². The maximum atomic E-state index is 14.2. The average Bonchev–Trinajstić information content (AvgIpc) is 3.05. The van der Waals surface area contributed by atoms with Gasteiger partial charge in [-0.1, -0.05) is 12.1 Å². The second-order valence-corrected chi connectivity index (χ2v) is 10.6. The number of rotatable bonds is 3. The number of aromatic hydroxyl groups is 1. The number of carbonyl (C=O) groups excluding carboxylic acids is 1. The second-order valence-electron chi connectivity index (χ2n) is 9.52. The van der Waals surface area contributed by atoms with Crippen LogP contribution in [0.4, 0.5) is 4.39 Å². The molecule has 29 heavy (non-hydrogen) atoms. The van der Waals surface area contributed by atoms with Crippen LogP contribution >= 0.6 is 11.3 Å². The van der Waals surface area contributed by atoms with E-state index in [0.29, 0.717) is 17.8 Å². The minimum absolute atomic E-state index is 0.207. The minimum Gasteiger partial charge on any atom is -0.508 e. The molecule has 0 amide bonds. The molecule has 4 saturated carbocycles. The lowest BCUT2D eigenvalue weighted by Gasteiger charge is -2.56. The molecule has 0 unspecified atom stereocenters. The van der Waals surface area contributed by atoms with Crippen molar-refractivity contribution in [3.63, 3.8) is 0 Å². The first-order valence-corrected chi connectivity index (χ1v) is 11.4. The molecule has 7 rings (SSSR count). The van der Waals surface area contributed by atoms with E-state index in [9.17, 15) is 14.3 Å². The van der Waals surface area contributed by atoms with Gasteiger partial charge in [0.1, 0.15) is 11.6 Å². The van der Waals surface area contributed by atoms with E-state index in [4.69, 9.17) is 0 Å². The highest BCUT2D eigenvalue weighted by Crippen LogP contribution is 2.61. The molecule has 4 fully saturated rings. The highest BCUT2D eigenvalue weighted by atomic mass is 32.1. The Balaban J connectivity index is 1.54. The molecule has 1 N–H and O–H groups in total. The van der Waals surface area contributed by atoms with Crippen LogP contribution in [0.2, 0.25) is 0 Å². The first-order valence-electron chi connectivity index (χ1n) is 10.6. The lowest BCUT2D eigenvalue weighted by molar-refractivity contribution is -0.0351. The van der Waals surface area contributed by atoms with Crippen LogP contribution in [-0.4, -0.2) is 10.9 Å². The number of phenols is 1. The van der Waals surface area contributed by atoms with Crippen molar-refractivity contribution in [1.82, 2.24) is 0 Å². The molecule has 3 aromatic rings. The van der Waals surface area contributed by atoms with Gasteiger partial charge in [-0.25, -0.2) is 4.39 Å². The average molecular weight is 407 g/mol. The summed E-state index contributed by atoms with van der Waals surface area (Å²) >= 11 is 1.53. The fourth-order valence-electron chi connectivity index (χ4n) is 6.77. The van der Waals surface area contributed by atoms with Gasteiger partial charge in [0.15, 0.2) is 5.78 Å². The molecule has 148 valence electrons. The summed E-state index contributed by atoms with van der Waals surface area (Å²) in [5.74, 6) is 2.32. The number of halogens is 1. The van der Waals surface area contributed by atoms with Gasteiger partial charge in [-0.15, -0.1) is 11.3 Å². The molecular formula is C25H23FO2S. The van der Waals surface area contributed by atoms with E-state index < -0.39 is 0 Å². The van der Waals surface area contributed by atoms with Gasteiger partial charge in [0.25, 0.3) is 0 Å². The van der Waals surface area contributed by atoms with Crippen molar-refractivity contribution in [2.75, 3.05) is 0 Å². The summed E-state index contributed by atoms with van der Waals surface area (Å²) in [6, 6.07) is 11.7. The van der Waals surface area contributed by atoms with Crippen molar-refractivity contribution in [2.45, 2.75) is 38.5 Å². The van der Waals surface area contributed by atoms with Crippen LogP contribution in [0.1, 0.15) is 48.9 Å². The highest BCUT2D eigenvalue weighted by Gasteiger charge is 2.55. The molecule has 1 aromatic heterocycles. The maximum absolute atomic E-state index is 14.2. The predicted molar refractivity (Wildman–Crippen MR) is 114 cm³/mol. The van der Waals surface area contributed by atoms with Crippen LogP contribution in [0.25, 0.3) is 20.5 Å². The normalized spacial score (nSPS) is 30.2. The molecule has 0 atom stereocenters. The Morgan fingerprint density at radius 1 is 0.966 bits per heavy atom. The molecule has 0 radical (unpaired) electrons. The van der Waals surface area contributed by atoms with Crippen molar-refractivity contribution < 1.29 is 14.3 Å². The second kappa shape index (κ2) is 6.15. The van der Waals surface area contributed by atoms with Crippen molar-refractivity contribution in [2.24, 2.45) is 23.2 Å². The lowest BCUT2D eigenvalue weighted by atomic mass is 9.48. The molecule has 4 bridgehead atoms. The molecule has 2 nitrogen and oxygen atoms in total. The first-order chi connectivity index (χ1) is 14.0. The number of thiophene rings is 1. The number of fused-ring (bicyclic) bond motifs is 1. The number of benzene rings is 2. The van der Waals surface area contributed by atoms with Crippen LogP contribution in [0.3, 0.4) is 0 Å². The Kier molecular flexibility index (Phi) is 3.74. The molecule has 4 aliphatic rings. The molecule has 0 spiro atoms. The van der Waals surface area contributed by atoms with Gasteiger partial charge in [0.05, 0.1) is 0 Å². The summed E-state index contributed by atoms with van der Waals surface area (Å²) in [6.07, 6.45) is 6.98. The lowest BCUT2D eigenvalue weighted by Crippen LogP contribution is -2.50. The van der Waals surface area contributed by atoms with Crippen LogP contribution in [0.5, 0.6) is 5.75 Å². The third kappa shape index (κ3) is 2.68. The summed E-state index contributed by atoms with van der Waals surface area (Å²) in [6.45, 7) is 0. The summed E-state index contributed by atoms with van der Waals surface area (Å²) in [7, 11) is 0. The zero-order chi connectivity index (χ0) is 19.8. The largest absolute Gasteiger partial charge is 0.508 e. The van der Waals surface area contributed by atoms with Gasteiger partial charge in [-0.2, -0.15) is 0 Å². The molecule has 0 aliphatic heterocycles. The van der Waals surface area contributed by atoms with Crippen LogP contribution < -0.4 is 0 Å². The first kappa shape index (κ1) is 17.6. The van der Waals surface area contributed by atoms with E-state index in [0.717, 1.165) is 45.4 Å². The number of Topliss-reactive ketones (excluding diaryl/α,β-unsaturated/α-hetero) is 1. The fraction of sp³-hybridized carbons (Fsp3) is 0.400. The Hall–Kier alpha value is -2.20. The zero-order valence-corrected chi connectivity index (χ0v) is 17.0. The van der Waals surface area contributed by atoms with E-state index in [1.54, 1.807) is 24.3 Å². The Bertz CT molecular complexity index is 1090. The van der Waals surface area contributed by atoms with Gasteiger partial charge in [-0.05, 0) is 92.2 Å². The van der Waals surface area contributed by atoms with E-state index in [-0.39, 0.29) is 22.8 Å². The van der Waals surface area contributed by atoms with Crippen molar-refractivity contribution in [3.8, 4) is 16.2 Å². The maximum Gasteiger partial charge on any atom is 0.171 e. The van der Waals surface area contributed by atoms with Gasteiger partial charge in [-0.3, -0.25) is 4.79 Å². The van der Waals surface area contributed by atoms with Gasteiger partial charge in [0, 0.05) is 25.9 Å². The number of hydrogen-bond acceptors (Lipinski definition) is 3. The Morgan fingerprint density at radius 2 is 1.59 bits per heavy atom. The van der Waals surface area contributed by atoms with E-state index in [1.165, 1.54) is 42.7 Å². The monoisotopic (exact) mass is 406 g/mol. The summed E-state index contributed by atoms with van der Waals surface area (Å²) in [4.78, 5) is 15.1. The Morgan fingerprint density at radius 3 is 2.21 bits per heavy atom. The highest BCUT2D eigenvalue weighted by molar-refractivity contribution is 7.22. The zero-order valence-electron chi connectivity index (χ0n) is 16.2. The molecular weight excluding hydrogens is 383 g/mol. The van der Waals surface area contributed by atoms with Crippen LogP contribution in [0, 0.1) is 29.0 Å². The molecule has 4 aliphatic carbocycles. The SMILES string of the molecule is O=C(c1c(-c2ccc(F)cc2)sc2cc(O)ccc12)C12CC3CC(CC(C3)C1)C2. The third-order valence-electron chi connectivity index (χ3n) is 7.53. The van der Waals surface area contributed by atoms with Crippen LogP contribution in [0.15, 0.2) is 42.5 Å². The molecule has 1 heterocycles. The third-order valence-corrected chi connectivity index (χ3v) is 8.73. The predicted octanol–water partition coefficient (Wildman–Crippen LogP) is 6.81. The summed E-state index contributed by atoms with van der Waals surface area (Å²) in [5.41, 5.74) is 1.44. The standard InChI is InChI=1S/C25H23FO2S/c26-18-3-1-17(2-4-18)23-22(20-6-5-19(27)10-21(20)29-23)24(28)25-11-14-7-15(12-25)9-16(8-14)13-25/h1-6,10,14-16,27H,7-9,11-13H2. The topological polar surface area (TPSA) is 37.3 Å². The van der Waals surface area contributed by atoms with E-state index >= 15 is 0 Å². The smallest absolute Gasteiger partial charge is 0.171 e. The summed E-state index contributed by atoms with van der Waals surface area (Å²) in [5, 5.41) is 10.9. The molecule has 2 aromatic carbocycles. The van der Waals surface area contributed by atoms with Crippen molar-refractivity contribution in [3.05, 3.63) is 53.8 Å².